The predicted molar refractivity (Wildman–Crippen MR) is 90.4 cm³/mol. The third-order valence-electron chi connectivity index (χ3n) is 3.65. The molecule has 1 N–H and O–H groups in total. The van der Waals surface area contributed by atoms with Crippen molar-refractivity contribution in [3.8, 4) is 6.01 Å². The van der Waals surface area contributed by atoms with Crippen molar-refractivity contribution in [1.82, 2.24) is 14.9 Å². The topological polar surface area (TPSA) is 67.4 Å². The van der Waals surface area contributed by atoms with E-state index in [1.54, 1.807) is 29.4 Å². The number of anilines is 1. The highest BCUT2D eigenvalue weighted by molar-refractivity contribution is 9.10. The van der Waals surface area contributed by atoms with Gasteiger partial charge in [-0.2, -0.15) is 0 Å². The molecule has 0 spiro atoms. The fraction of sp³-hybridized carbons (Fsp3) is 0.312. The maximum Gasteiger partial charge on any atom is 0.322 e. The summed E-state index contributed by atoms with van der Waals surface area (Å²) in [6, 6.07) is 6.02. The second-order valence-corrected chi connectivity index (χ2v) is 6.34. The Morgan fingerprint density at radius 3 is 2.83 bits per heavy atom. The lowest BCUT2D eigenvalue weighted by molar-refractivity contribution is 0.0982. The van der Waals surface area contributed by atoms with E-state index < -0.39 is 5.82 Å². The molecule has 6 nitrogen and oxygen atoms in total. The number of likely N-dealkylation sites (tertiary alicyclic amines) is 1. The number of nitrogens with zero attached hydrogens (tertiary/aromatic N) is 3. The van der Waals surface area contributed by atoms with E-state index in [2.05, 4.69) is 31.2 Å². The highest BCUT2D eigenvalue weighted by Crippen LogP contribution is 2.18. The van der Waals surface area contributed by atoms with E-state index in [9.17, 15) is 9.18 Å². The Kier molecular flexibility index (Phi) is 5.24. The second kappa shape index (κ2) is 7.57. The van der Waals surface area contributed by atoms with Crippen LogP contribution >= 0.6 is 15.9 Å². The molecule has 1 aliphatic heterocycles. The molecule has 1 unspecified atom stereocenters. The Morgan fingerprint density at radius 1 is 1.33 bits per heavy atom. The van der Waals surface area contributed by atoms with Crippen LogP contribution in [-0.4, -0.2) is 40.1 Å². The average Bonchev–Trinajstić information content (AvgIpc) is 2.59. The lowest BCUT2D eigenvalue weighted by Crippen LogP contribution is -2.46. The number of urea groups is 1. The van der Waals surface area contributed by atoms with E-state index in [1.165, 1.54) is 12.1 Å². The first-order valence-corrected chi connectivity index (χ1v) is 8.36. The number of carbonyl (C=O) groups is 1. The number of benzene rings is 1. The number of halogens is 2. The number of hydrogen-bond donors (Lipinski definition) is 1. The Bertz CT molecular complexity index is 713. The summed E-state index contributed by atoms with van der Waals surface area (Å²) >= 11 is 3.26. The molecule has 0 bridgehead atoms. The van der Waals surface area contributed by atoms with Crippen LogP contribution in [0, 0.1) is 5.82 Å². The van der Waals surface area contributed by atoms with Crippen molar-refractivity contribution in [2.75, 3.05) is 18.4 Å². The van der Waals surface area contributed by atoms with Gasteiger partial charge >= 0.3 is 12.0 Å². The number of piperidine rings is 1. The molecule has 24 heavy (non-hydrogen) atoms. The minimum Gasteiger partial charge on any atom is -0.458 e. The number of ether oxygens (including phenoxy) is 1. The SMILES string of the molecule is O=C(Nc1ccccc1F)N1CCCC(Oc2ncc(Br)cn2)C1. The Hall–Kier alpha value is -2.22. The summed E-state index contributed by atoms with van der Waals surface area (Å²) in [6.45, 7) is 1.00. The number of carbonyl (C=O) groups excluding carboxylic acids is 1. The summed E-state index contributed by atoms with van der Waals surface area (Å²) in [5.74, 6) is -0.459. The van der Waals surface area contributed by atoms with Crippen LogP contribution in [0.1, 0.15) is 12.8 Å². The minimum absolute atomic E-state index is 0.168. The maximum absolute atomic E-state index is 13.6. The van der Waals surface area contributed by atoms with Crippen LogP contribution in [0.3, 0.4) is 0 Å². The van der Waals surface area contributed by atoms with Crippen LogP contribution < -0.4 is 10.1 Å². The smallest absolute Gasteiger partial charge is 0.322 e. The minimum atomic E-state index is -0.459. The van der Waals surface area contributed by atoms with E-state index in [-0.39, 0.29) is 23.8 Å². The van der Waals surface area contributed by atoms with E-state index >= 15 is 0 Å². The Labute approximate surface area is 147 Å². The third kappa shape index (κ3) is 4.19. The quantitative estimate of drug-likeness (QED) is 0.865. The van der Waals surface area contributed by atoms with Crippen LogP contribution in [0.5, 0.6) is 6.01 Å². The van der Waals surface area contributed by atoms with Gasteiger partial charge in [0.1, 0.15) is 11.9 Å². The number of amides is 2. The van der Waals surface area contributed by atoms with Gasteiger partial charge in [0.05, 0.1) is 16.7 Å². The van der Waals surface area contributed by atoms with Gasteiger partial charge in [-0.15, -0.1) is 0 Å². The summed E-state index contributed by atoms with van der Waals surface area (Å²) in [6.07, 6.45) is 4.63. The van der Waals surface area contributed by atoms with Crippen molar-refractivity contribution in [3.05, 3.63) is 46.9 Å². The van der Waals surface area contributed by atoms with Crippen LogP contribution in [0.25, 0.3) is 0 Å². The van der Waals surface area contributed by atoms with Crippen molar-refractivity contribution in [2.45, 2.75) is 18.9 Å². The summed E-state index contributed by atoms with van der Waals surface area (Å²) < 4.78 is 20.1. The lowest BCUT2D eigenvalue weighted by atomic mass is 10.1. The molecule has 0 radical (unpaired) electrons. The molecule has 2 amide bonds. The highest BCUT2D eigenvalue weighted by atomic mass is 79.9. The van der Waals surface area contributed by atoms with Gasteiger partial charge in [0.15, 0.2) is 0 Å². The third-order valence-corrected chi connectivity index (χ3v) is 4.06. The van der Waals surface area contributed by atoms with Crippen molar-refractivity contribution in [1.29, 1.82) is 0 Å². The standard InChI is InChI=1S/C16H16BrFN4O2/c17-11-8-19-15(20-9-11)24-12-4-3-7-22(10-12)16(23)21-14-6-2-1-5-13(14)18/h1-2,5-6,8-9,12H,3-4,7,10H2,(H,21,23). The highest BCUT2D eigenvalue weighted by Gasteiger charge is 2.26. The fourth-order valence-corrected chi connectivity index (χ4v) is 2.69. The van der Waals surface area contributed by atoms with Gasteiger partial charge in [-0.05, 0) is 40.9 Å². The zero-order valence-electron chi connectivity index (χ0n) is 12.8. The number of aromatic nitrogens is 2. The molecule has 1 saturated heterocycles. The average molecular weight is 395 g/mol. The number of rotatable bonds is 3. The molecular weight excluding hydrogens is 379 g/mol. The summed E-state index contributed by atoms with van der Waals surface area (Å²) in [4.78, 5) is 22.1. The first-order chi connectivity index (χ1) is 11.6. The number of nitrogens with one attached hydrogen (secondary N) is 1. The molecule has 2 heterocycles. The maximum atomic E-state index is 13.6. The predicted octanol–water partition coefficient (Wildman–Crippen LogP) is 3.45. The molecule has 1 aliphatic rings. The Morgan fingerprint density at radius 2 is 2.08 bits per heavy atom. The fourth-order valence-electron chi connectivity index (χ4n) is 2.49. The van der Waals surface area contributed by atoms with Gasteiger partial charge in [-0.25, -0.2) is 19.2 Å². The molecule has 2 aromatic rings. The van der Waals surface area contributed by atoms with Crippen LogP contribution in [0.15, 0.2) is 41.1 Å². The van der Waals surface area contributed by atoms with Gasteiger partial charge in [0, 0.05) is 18.9 Å². The number of hydrogen-bond acceptors (Lipinski definition) is 4. The molecule has 3 rings (SSSR count). The molecule has 8 heteroatoms. The number of para-hydroxylation sites is 1. The molecule has 1 atom stereocenters. The summed E-state index contributed by atoms with van der Waals surface area (Å²) in [5.41, 5.74) is 0.168. The summed E-state index contributed by atoms with van der Waals surface area (Å²) in [7, 11) is 0. The van der Waals surface area contributed by atoms with Crippen LogP contribution in [0.4, 0.5) is 14.9 Å². The molecule has 1 aromatic carbocycles. The van der Waals surface area contributed by atoms with Gasteiger partial charge < -0.3 is 15.0 Å². The van der Waals surface area contributed by atoms with E-state index in [0.717, 1.165) is 17.3 Å². The van der Waals surface area contributed by atoms with Gasteiger partial charge in [0.2, 0.25) is 0 Å². The van der Waals surface area contributed by atoms with Crippen LogP contribution in [0.2, 0.25) is 0 Å². The van der Waals surface area contributed by atoms with Gasteiger partial charge in [-0.3, -0.25) is 0 Å². The first kappa shape index (κ1) is 16.6. The molecule has 1 fully saturated rings. The summed E-state index contributed by atoms with van der Waals surface area (Å²) in [5, 5.41) is 2.59. The van der Waals surface area contributed by atoms with E-state index in [1.807, 2.05) is 0 Å². The zero-order valence-corrected chi connectivity index (χ0v) is 14.4. The monoisotopic (exact) mass is 394 g/mol. The molecule has 126 valence electrons. The van der Waals surface area contributed by atoms with Crippen molar-refractivity contribution in [2.24, 2.45) is 0 Å². The van der Waals surface area contributed by atoms with Gasteiger partial charge in [0.25, 0.3) is 0 Å². The second-order valence-electron chi connectivity index (χ2n) is 5.42. The van der Waals surface area contributed by atoms with Crippen molar-refractivity contribution >= 4 is 27.6 Å². The van der Waals surface area contributed by atoms with Gasteiger partial charge in [-0.1, -0.05) is 12.1 Å². The van der Waals surface area contributed by atoms with Crippen LogP contribution in [-0.2, 0) is 0 Å². The first-order valence-electron chi connectivity index (χ1n) is 7.56. The normalized spacial score (nSPS) is 17.4. The lowest BCUT2D eigenvalue weighted by Gasteiger charge is -2.32. The van der Waals surface area contributed by atoms with Crippen molar-refractivity contribution < 1.29 is 13.9 Å². The van der Waals surface area contributed by atoms with E-state index in [4.69, 9.17) is 4.74 Å². The van der Waals surface area contributed by atoms with Crippen molar-refractivity contribution in [3.63, 3.8) is 0 Å². The van der Waals surface area contributed by atoms with E-state index in [0.29, 0.717) is 13.1 Å². The molecular formula is C16H16BrFN4O2. The zero-order chi connectivity index (χ0) is 16.9. The molecule has 0 aliphatic carbocycles. The molecule has 1 aromatic heterocycles. The molecule has 0 saturated carbocycles. The largest absolute Gasteiger partial charge is 0.458 e. The Balaban J connectivity index is 1.59.